The van der Waals surface area contributed by atoms with Crippen molar-refractivity contribution in [1.29, 1.82) is 0 Å². The van der Waals surface area contributed by atoms with Crippen LogP contribution in [0.25, 0.3) is 0 Å². The van der Waals surface area contributed by atoms with E-state index < -0.39 is 0 Å². The highest BCUT2D eigenvalue weighted by atomic mass is 79.9. The van der Waals surface area contributed by atoms with Gasteiger partial charge in [0, 0.05) is 11.3 Å². The fourth-order valence-electron chi connectivity index (χ4n) is 2.59. The Kier molecular flexibility index (Phi) is 6.40. The minimum atomic E-state index is 0.00632. The van der Waals surface area contributed by atoms with Crippen molar-refractivity contribution in [3.63, 3.8) is 0 Å². The van der Waals surface area contributed by atoms with Crippen molar-refractivity contribution < 1.29 is 14.8 Å². The van der Waals surface area contributed by atoms with E-state index in [0.717, 1.165) is 32.6 Å². The van der Waals surface area contributed by atoms with Crippen molar-refractivity contribution in [1.82, 2.24) is 0 Å². The summed E-state index contributed by atoms with van der Waals surface area (Å²) in [7, 11) is 1.65. The van der Waals surface area contributed by atoms with Crippen LogP contribution in [0.15, 0.2) is 40.9 Å². The topological polar surface area (TPSA) is 54.9 Å². The van der Waals surface area contributed by atoms with Gasteiger partial charge >= 0.3 is 0 Å². The summed E-state index contributed by atoms with van der Waals surface area (Å²) in [4.78, 5) is 12.2. The molecule has 5 heteroatoms. The highest BCUT2D eigenvalue weighted by Crippen LogP contribution is 2.27. The van der Waals surface area contributed by atoms with Crippen LogP contribution in [0.3, 0.4) is 0 Å². The molecule has 2 aromatic rings. The van der Waals surface area contributed by atoms with Crippen molar-refractivity contribution in [3.8, 4) is 5.75 Å². The number of nitrogens with one attached hydrogen (secondary N) is 1. The molecule has 2 aromatic carbocycles. The Labute approximate surface area is 151 Å². The number of nitrogens with two attached hydrogens (primary N) is 1. The molecular weight excluding hydrogens is 368 g/mol. The zero-order valence-electron chi connectivity index (χ0n) is 14.5. The van der Waals surface area contributed by atoms with E-state index in [1.54, 1.807) is 7.11 Å². The van der Waals surface area contributed by atoms with Gasteiger partial charge in [-0.2, -0.15) is 0 Å². The molecule has 0 heterocycles. The van der Waals surface area contributed by atoms with E-state index in [0.29, 0.717) is 6.54 Å². The Bertz CT molecular complexity index is 711. The zero-order valence-corrected chi connectivity index (χ0v) is 16.1. The lowest BCUT2D eigenvalue weighted by atomic mass is 10.1. The predicted octanol–water partition coefficient (Wildman–Crippen LogP) is 3.34. The van der Waals surface area contributed by atoms with Crippen LogP contribution in [0, 0.1) is 13.8 Å². The number of rotatable bonds is 6. The van der Waals surface area contributed by atoms with E-state index in [1.165, 1.54) is 0 Å². The van der Waals surface area contributed by atoms with Gasteiger partial charge in [0.15, 0.2) is 6.54 Å². The van der Waals surface area contributed by atoms with Crippen molar-refractivity contribution in [2.45, 2.75) is 26.8 Å². The number of ether oxygens (including phenoxy) is 1. The van der Waals surface area contributed by atoms with Gasteiger partial charge in [0.05, 0.1) is 11.6 Å². The smallest absolute Gasteiger partial charge is 0.279 e. The summed E-state index contributed by atoms with van der Waals surface area (Å²) < 4.78 is 6.16. The summed E-state index contributed by atoms with van der Waals surface area (Å²) in [5.41, 5.74) is 4.21. The molecule has 0 fully saturated rings. The highest BCUT2D eigenvalue weighted by Gasteiger charge is 2.14. The lowest BCUT2D eigenvalue weighted by molar-refractivity contribution is -0.682. The standard InChI is InChI=1S/C19H23BrN2O2/c1-12-6-5-7-13(2)19(12)22-18(23)11-21-14(3)15-8-9-17(24-4)16(20)10-15/h5-10,14,21H,11H2,1-4H3,(H,22,23)/p+1/t14-/m1/s1. The maximum atomic E-state index is 12.2. The van der Waals surface area contributed by atoms with Crippen LogP contribution in [-0.2, 0) is 4.79 Å². The summed E-state index contributed by atoms with van der Waals surface area (Å²) >= 11 is 3.50. The third-order valence-electron chi connectivity index (χ3n) is 4.10. The first kappa shape index (κ1) is 18.5. The first-order valence-electron chi connectivity index (χ1n) is 7.95. The van der Waals surface area contributed by atoms with Crippen LogP contribution in [0.1, 0.15) is 29.7 Å². The quantitative estimate of drug-likeness (QED) is 0.793. The first-order valence-corrected chi connectivity index (χ1v) is 8.74. The molecule has 24 heavy (non-hydrogen) atoms. The molecular formula is C19H24BrN2O2+. The molecule has 0 aliphatic heterocycles. The van der Waals surface area contributed by atoms with Gasteiger partial charge in [-0.25, -0.2) is 0 Å². The van der Waals surface area contributed by atoms with Gasteiger partial charge in [-0.05, 0) is 66.0 Å². The van der Waals surface area contributed by atoms with Crippen molar-refractivity contribution in [2.75, 3.05) is 19.0 Å². The molecule has 0 aliphatic rings. The minimum Gasteiger partial charge on any atom is -0.496 e. The minimum absolute atomic E-state index is 0.00632. The molecule has 2 rings (SSSR count). The number of anilines is 1. The molecule has 0 aromatic heterocycles. The van der Waals surface area contributed by atoms with Gasteiger partial charge in [-0.1, -0.05) is 18.2 Å². The fourth-order valence-corrected chi connectivity index (χ4v) is 3.15. The van der Waals surface area contributed by atoms with Gasteiger partial charge in [0.2, 0.25) is 0 Å². The number of halogens is 1. The summed E-state index contributed by atoms with van der Waals surface area (Å²) in [6.45, 7) is 6.47. The molecule has 3 N–H and O–H groups in total. The van der Waals surface area contributed by atoms with Crippen LogP contribution >= 0.6 is 15.9 Å². The lowest BCUT2D eigenvalue weighted by Crippen LogP contribution is -2.86. The number of hydrogen-bond donors (Lipinski definition) is 2. The summed E-state index contributed by atoms with van der Waals surface area (Å²) in [6, 6.07) is 12.2. The zero-order chi connectivity index (χ0) is 17.7. The van der Waals surface area contributed by atoms with E-state index in [4.69, 9.17) is 4.74 Å². The van der Waals surface area contributed by atoms with Crippen molar-refractivity contribution >= 4 is 27.5 Å². The number of carbonyl (C=O) groups is 1. The molecule has 0 spiro atoms. The van der Waals surface area contributed by atoms with E-state index in [-0.39, 0.29) is 11.9 Å². The van der Waals surface area contributed by atoms with Gasteiger partial charge in [-0.3, -0.25) is 4.79 Å². The fraction of sp³-hybridized carbons (Fsp3) is 0.316. The molecule has 0 saturated carbocycles. The van der Waals surface area contributed by atoms with E-state index in [2.05, 4.69) is 28.2 Å². The molecule has 0 bridgehead atoms. The molecule has 0 aliphatic carbocycles. The number of benzene rings is 2. The predicted molar refractivity (Wildman–Crippen MR) is 100 cm³/mol. The Hall–Kier alpha value is -1.85. The van der Waals surface area contributed by atoms with Crippen LogP contribution < -0.4 is 15.4 Å². The Balaban J connectivity index is 1.95. The summed E-state index contributed by atoms with van der Waals surface area (Å²) in [5.74, 6) is 0.811. The molecule has 128 valence electrons. The maximum absolute atomic E-state index is 12.2. The molecule has 0 saturated heterocycles. The number of quaternary nitrogens is 1. The normalized spacial score (nSPS) is 11.9. The van der Waals surface area contributed by atoms with Crippen molar-refractivity contribution in [2.24, 2.45) is 0 Å². The lowest BCUT2D eigenvalue weighted by Gasteiger charge is -2.14. The van der Waals surface area contributed by atoms with Gasteiger partial charge in [0.25, 0.3) is 5.91 Å². The third-order valence-corrected chi connectivity index (χ3v) is 4.72. The van der Waals surface area contributed by atoms with E-state index >= 15 is 0 Å². The van der Waals surface area contributed by atoms with E-state index in [9.17, 15) is 4.79 Å². The van der Waals surface area contributed by atoms with Crippen LogP contribution in [-0.4, -0.2) is 19.6 Å². The maximum Gasteiger partial charge on any atom is 0.279 e. The number of para-hydroxylation sites is 1. The van der Waals surface area contributed by atoms with Gasteiger partial charge in [0.1, 0.15) is 11.8 Å². The number of methoxy groups -OCH3 is 1. The largest absolute Gasteiger partial charge is 0.496 e. The summed E-state index contributed by atoms with van der Waals surface area (Å²) in [5, 5.41) is 5.04. The van der Waals surface area contributed by atoms with Crippen LogP contribution in [0.4, 0.5) is 5.69 Å². The van der Waals surface area contributed by atoms with Gasteiger partial charge < -0.3 is 15.4 Å². The van der Waals surface area contributed by atoms with Crippen LogP contribution in [0.5, 0.6) is 5.75 Å². The number of hydrogen-bond acceptors (Lipinski definition) is 2. The second-order valence-electron chi connectivity index (χ2n) is 5.94. The number of carbonyl (C=O) groups excluding carboxylic acids is 1. The Morgan fingerprint density at radius 1 is 1.25 bits per heavy atom. The molecule has 1 atom stereocenters. The molecule has 0 unspecified atom stereocenters. The average Bonchev–Trinajstić information content (AvgIpc) is 2.56. The molecule has 4 nitrogen and oxygen atoms in total. The second kappa shape index (κ2) is 8.31. The summed E-state index contributed by atoms with van der Waals surface area (Å²) in [6.07, 6.45) is 0. The number of amides is 1. The second-order valence-corrected chi connectivity index (χ2v) is 6.79. The SMILES string of the molecule is COc1ccc([C@@H](C)[NH2+]CC(=O)Nc2c(C)cccc2C)cc1Br. The molecule has 0 radical (unpaired) electrons. The van der Waals surface area contributed by atoms with Crippen molar-refractivity contribution in [3.05, 3.63) is 57.6 Å². The average molecular weight is 392 g/mol. The Morgan fingerprint density at radius 3 is 2.50 bits per heavy atom. The third kappa shape index (κ3) is 4.58. The van der Waals surface area contributed by atoms with Crippen LogP contribution in [0.2, 0.25) is 0 Å². The molecule has 1 amide bonds. The Morgan fingerprint density at radius 2 is 1.92 bits per heavy atom. The first-order chi connectivity index (χ1) is 11.4. The van der Waals surface area contributed by atoms with Gasteiger partial charge in [-0.15, -0.1) is 0 Å². The highest BCUT2D eigenvalue weighted by molar-refractivity contribution is 9.10. The monoisotopic (exact) mass is 391 g/mol. The number of aryl methyl sites for hydroxylation is 2. The van der Waals surface area contributed by atoms with E-state index in [1.807, 2.05) is 55.6 Å².